The molecule has 0 heterocycles. The van der Waals surface area contributed by atoms with E-state index in [-0.39, 0.29) is 5.54 Å². The molecule has 0 spiro atoms. The zero-order valence-electron chi connectivity index (χ0n) is 14.7. The first-order chi connectivity index (χ1) is 9.62. The fourth-order valence-corrected chi connectivity index (χ4v) is 2.92. The van der Waals surface area contributed by atoms with Crippen molar-refractivity contribution in [2.75, 3.05) is 0 Å². The molecule has 0 aromatic rings. The summed E-state index contributed by atoms with van der Waals surface area (Å²) in [6, 6.07) is 0. The van der Waals surface area contributed by atoms with Crippen LogP contribution in [0.4, 0.5) is 0 Å². The summed E-state index contributed by atoms with van der Waals surface area (Å²) < 4.78 is 0. The molecule has 0 aliphatic heterocycles. The lowest BCUT2D eigenvalue weighted by molar-refractivity contribution is 0.363. The molecule has 2 N–H and O–H groups in total. The van der Waals surface area contributed by atoms with Crippen LogP contribution in [0.5, 0.6) is 0 Å². The number of nitrogens with two attached hydrogens (primary N) is 1. The molecule has 1 nitrogen and oxygen atoms in total. The van der Waals surface area contributed by atoms with Crippen molar-refractivity contribution in [1.29, 1.82) is 0 Å². The van der Waals surface area contributed by atoms with Gasteiger partial charge in [0.2, 0.25) is 0 Å². The lowest BCUT2D eigenvalue weighted by atomic mass is 9.89. The number of hydrogen-bond donors (Lipinski definition) is 1. The summed E-state index contributed by atoms with van der Waals surface area (Å²) in [7, 11) is 0. The Kier molecular flexibility index (Phi) is 13.9. The monoisotopic (exact) mass is 283 g/mol. The van der Waals surface area contributed by atoms with Gasteiger partial charge in [0, 0.05) is 5.54 Å². The molecule has 122 valence electrons. The summed E-state index contributed by atoms with van der Waals surface area (Å²) in [4.78, 5) is 0. The quantitative estimate of drug-likeness (QED) is 0.337. The normalized spacial score (nSPS) is 14.4. The summed E-state index contributed by atoms with van der Waals surface area (Å²) in [6.07, 6.45) is 20.4. The minimum Gasteiger partial charge on any atom is -0.325 e. The Morgan fingerprint density at radius 1 is 0.550 bits per heavy atom. The average Bonchev–Trinajstić information content (AvgIpc) is 2.41. The molecule has 0 aliphatic rings. The predicted octanol–water partition coefficient (Wildman–Crippen LogP) is 6.60. The van der Waals surface area contributed by atoms with E-state index in [9.17, 15) is 0 Å². The lowest BCUT2D eigenvalue weighted by Gasteiger charge is -2.24. The highest BCUT2D eigenvalue weighted by atomic mass is 14.7. The fraction of sp³-hybridized carbons (Fsp3) is 1.00. The molecule has 0 bridgehead atoms. The molecular formula is C19H41N. The predicted molar refractivity (Wildman–Crippen MR) is 93.2 cm³/mol. The molecule has 0 aromatic heterocycles. The molecular weight excluding hydrogens is 242 g/mol. The molecule has 0 saturated carbocycles. The van der Waals surface area contributed by atoms with Gasteiger partial charge in [-0.25, -0.2) is 0 Å². The summed E-state index contributed by atoms with van der Waals surface area (Å²) in [5, 5.41) is 0. The van der Waals surface area contributed by atoms with E-state index >= 15 is 0 Å². The molecule has 1 heteroatoms. The van der Waals surface area contributed by atoms with E-state index in [1.165, 1.54) is 96.3 Å². The van der Waals surface area contributed by atoms with E-state index in [4.69, 9.17) is 5.73 Å². The first-order valence-electron chi connectivity index (χ1n) is 9.41. The van der Waals surface area contributed by atoms with Gasteiger partial charge in [0.15, 0.2) is 0 Å². The van der Waals surface area contributed by atoms with E-state index in [1.54, 1.807) is 0 Å². The highest BCUT2D eigenvalue weighted by Gasteiger charge is 2.16. The van der Waals surface area contributed by atoms with Gasteiger partial charge in [-0.2, -0.15) is 0 Å². The molecule has 1 atom stereocenters. The maximum atomic E-state index is 6.42. The van der Waals surface area contributed by atoms with Gasteiger partial charge in [0.1, 0.15) is 0 Å². The Balaban J connectivity index is 3.35. The van der Waals surface area contributed by atoms with Crippen LogP contribution in [-0.4, -0.2) is 5.54 Å². The SMILES string of the molecule is CCCCCCCCCC(C)(N)CCCCCCCC. The minimum atomic E-state index is 0.0914. The van der Waals surface area contributed by atoms with Gasteiger partial charge in [-0.3, -0.25) is 0 Å². The van der Waals surface area contributed by atoms with Gasteiger partial charge in [-0.1, -0.05) is 97.3 Å². The van der Waals surface area contributed by atoms with Crippen molar-refractivity contribution >= 4 is 0 Å². The van der Waals surface area contributed by atoms with E-state index in [0.29, 0.717) is 0 Å². The Bertz CT molecular complexity index is 186. The summed E-state index contributed by atoms with van der Waals surface area (Å²) in [5.41, 5.74) is 6.51. The van der Waals surface area contributed by atoms with Crippen LogP contribution < -0.4 is 5.73 Å². The Labute approximate surface area is 129 Å². The van der Waals surface area contributed by atoms with Crippen LogP contribution >= 0.6 is 0 Å². The van der Waals surface area contributed by atoms with Crippen molar-refractivity contribution in [2.45, 2.75) is 123 Å². The summed E-state index contributed by atoms with van der Waals surface area (Å²) >= 11 is 0. The Morgan fingerprint density at radius 3 is 1.20 bits per heavy atom. The van der Waals surface area contributed by atoms with Crippen molar-refractivity contribution in [1.82, 2.24) is 0 Å². The molecule has 0 fully saturated rings. The molecule has 0 rings (SSSR count). The Hall–Kier alpha value is -0.0400. The van der Waals surface area contributed by atoms with E-state index in [0.717, 1.165) is 0 Å². The largest absolute Gasteiger partial charge is 0.325 e. The number of rotatable bonds is 15. The smallest absolute Gasteiger partial charge is 0.0125 e. The third-order valence-corrected chi connectivity index (χ3v) is 4.45. The molecule has 1 unspecified atom stereocenters. The molecule has 0 radical (unpaired) electrons. The molecule has 0 aliphatic carbocycles. The van der Waals surface area contributed by atoms with Crippen LogP contribution in [-0.2, 0) is 0 Å². The second-order valence-corrected chi connectivity index (χ2v) is 7.04. The maximum Gasteiger partial charge on any atom is 0.0125 e. The average molecular weight is 284 g/mol. The highest BCUT2D eigenvalue weighted by Crippen LogP contribution is 2.20. The van der Waals surface area contributed by atoms with Crippen molar-refractivity contribution in [3.8, 4) is 0 Å². The van der Waals surface area contributed by atoms with E-state index in [1.807, 2.05) is 0 Å². The summed E-state index contributed by atoms with van der Waals surface area (Å²) in [5.74, 6) is 0. The van der Waals surface area contributed by atoms with Crippen molar-refractivity contribution in [2.24, 2.45) is 5.73 Å². The van der Waals surface area contributed by atoms with Crippen LogP contribution in [0.2, 0.25) is 0 Å². The van der Waals surface area contributed by atoms with Crippen LogP contribution in [0, 0.1) is 0 Å². The standard InChI is InChI=1S/C19H41N/c1-4-6-8-10-12-14-16-18-19(3,20)17-15-13-11-9-7-5-2/h4-18,20H2,1-3H3. The molecule has 20 heavy (non-hydrogen) atoms. The highest BCUT2D eigenvalue weighted by molar-refractivity contribution is 4.78. The first-order valence-corrected chi connectivity index (χ1v) is 9.41. The topological polar surface area (TPSA) is 26.0 Å². The van der Waals surface area contributed by atoms with Gasteiger partial charge in [-0.15, -0.1) is 0 Å². The van der Waals surface area contributed by atoms with Crippen LogP contribution in [0.3, 0.4) is 0 Å². The summed E-state index contributed by atoms with van der Waals surface area (Å²) in [6.45, 7) is 6.82. The number of hydrogen-bond acceptors (Lipinski definition) is 1. The second-order valence-electron chi connectivity index (χ2n) is 7.04. The van der Waals surface area contributed by atoms with E-state index < -0.39 is 0 Å². The third-order valence-electron chi connectivity index (χ3n) is 4.45. The van der Waals surface area contributed by atoms with Crippen molar-refractivity contribution in [3.05, 3.63) is 0 Å². The van der Waals surface area contributed by atoms with Crippen LogP contribution in [0.15, 0.2) is 0 Å². The van der Waals surface area contributed by atoms with Gasteiger partial charge < -0.3 is 5.73 Å². The van der Waals surface area contributed by atoms with Gasteiger partial charge in [-0.05, 0) is 19.8 Å². The molecule has 0 amide bonds. The van der Waals surface area contributed by atoms with Gasteiger partial charge in [0.25, 0.3) is 0 Å². The first kappa shape index (κ1) is 20.0. The molecule has 0 aromatic carbocycles. The minimum absolute atomic E-state index is 0.0914. The van der Waals surface area contributed by atoms with Crippen molar-refractivity contribution < 1.29 is 0 Å². The van der Waals surface area contributed by atoms with Gasteiger partial charge >= 0.3 is 0 Å². The Morgan fingerprint density at radius 2 is 0.850 bits per heavy atom. The third kappa shape index (κ3) is 14.4. The van der Waals surface area contributed by atoms with Crippen molar-refractivity contribution in [3.63, 3.8) is 0 Å². The lowest BCUT2D eigenvalue weighted by Crippen LogP contribution is -2.35. The zero-order valence-corrected chi connectivity index (χ0v) is 14.7. The second kappa shape index (κ2) is 13.9. The van der Waals surface area contributed by atoms with Crippen LogP contribution in [0.25, 0.3) is 0 Å². The maximum absolute atomic E-state index is 6.42. The zero-order chi connectivity index (χ0) is 15.1. The number of unbranched alkanes of at least 4 members (excludes halogenated alkanes) is 11. The molecule has 0 saturated heterocycles. The van der Waals surface area contributed by atoms with Crippen LogP contribution in [0.1, 0.15) is 117 Å². The fourth-order valence-electron chi connectivity index (χ4n) is 2.92. The van der Waals surface area contributed by atoms with E-state index in [2.05, 4.69) is 20.8 Å². The van der Waals surface area contributed by atoms with Gasteiger partial charge in [0.05, 0.1) is 0 Å².